The van der Waals surface area contributed by atoms with Gasteiger partial charge in [0.15, 0.2) is 6.04 Å². The molecule has 1 unspecified atom stereocenters. The highest BCUT2D eigenvalue weighted by Crippen LogP contribution is 2.27. The van der Waals surface area contributed by atoms with E-state index in [4.69, 9.17) is 0 Å². The lowest BCUT2D eigenvalue weighted by Gasteiger charge is -2.30. The normalized spacial score (nSPS) is 17.0. The molecule has 3 aromatic carbocycles. The Balaban J connectivity index is 1.50. The summed E-state index contributed by atoms with van der Waals surface area (Å²) in [7, 11) is 0. The number of quaternary nitrogens is 1. The molecule has 0 fully saturated rings. The van der Waals surface area contributed by atoms with Crippen molar-refractivity contribution in [2.45, 2.75) is 25.9 Å². The van der Waals surface area contributed by atoms with E-state index in [0.29, 0.717) is 0 Å². The molecule has 2 N–H and O–H groups in total. The Bertz CT molecular complexity index is 936. The summed E-state index contributed by atoms with van der Waals surface area (Å²) in [4.78, 5) is 14.3. The van der Waals surface area contributed by atoms with Crippen LogP contribution in [0.1, 0.15) is 18.1 Å². The third kappa shape index (κ3) is 3.79. The number of carbonyl (C=O) groups is 1. The van der Waals surface area contributed by atoms with Gasteiger partial charge in [-0.05, 0) is 24.1 Å². The molecular formula is C24H25N2O+. The first-order chi connectivity index (χ1) is 13.2. The molecule has 0 radical (unpaired) electrons. The third-order valence-electron chi connectivity index (χ3n) is 5.53. The van der Waals surface area contributed by atoms with Crippen molar-refractivity contribution in [1.82, 2.24) is 0 Å². The van der Waals surface area contributed by atoms with Crippen molar-refractivity contribution in [3.63, 3.8) is 0 Å². The molecule has 27 heavy (non-hydrogen) atoms. The Morgan fingerprint density at radius 2 is 1.56 bits per heavy atom. The molecule has 136 valence electrons. The van der Waals surface area contributed by atoms with E-state index in [1.165, 1.54) is 16.0 Å². The minimum Gasteiger partial charge on any atom is -0.321 e. The lowest BCUT2D eigenvalue weighted by Crippen LogP contribution is -3.16. The molecule has 1 aliphatic heterocycles. The first-order valence-electron chi connectivity index (χ1n) is 9.59. The van der Waals surface area contributed by atoms with Crippen LogP contribution in [0.5, 0.6) is 0 Å². The van der Waals surface area contributed by atoms with Crippen molar-refractivity contribution >= 4 is 11.6 Å². The van der Waals surface area contributed by atoms with Gasteiger partial charge in [0.25, 0.3) is 5.91 Å². The second kappa shape index (κ2) is 7.77. The van der Waals surface area contributed by atoms with E-state index >= 15 is 0 Å². The van der Waals surface area contributed by atoms with Crippen LogP contribution in [0.4, 0.5) is 5.69 Å². The number of anilines is 1. The van der Waals surface area contributed by atoms with Gasteiger partial charge >= 0.3 is 0 Å². The number of para-hydroxylation sites is 1. The maximum absolute atomic E-state index is 13.0. The number of benzene rings is 3. The fraction of sp³-hybridized carbons (Fsp3) is 0.208. The van der Waals surface area contributed by atoms with Crippen LogP contribution in [-0.2, 0) is 17.8 Å². The molecule has 3 nitrogen and oxygen atoms in total. The number of hydrogen-bond acceptors (Lipinski definition) is 1. The quantitative estimate of drug-likeness (QED) is 0.738. The smallest absolute Gasteiger partial charge is 0.282 e. The van der Waals surface area contributed by atoms with Gasteiger partial charge in [0.2, 0.25) is 0 Å². The van der Waals surface area contributed by atoms with Crippen LogP contribution < -0.4 is 10.2 Å². The van der Waals surface area contributed by atoms with Crippen molar-refractivity contribution < 1.29 is 9.69 Å². The summed E-state index contributed by atoms with van der Waals surface area (Å²) in [6, 6.07) is 26.7. The van der Waals surface area contributed by atoms with Crippen LogP contribution in [0, 0.1) is 0 Å². The molecule has 1 amide bonds. The molecule has 4 rings (SSSR count). The minimum absolute atomic E-state index is 0.0766. The molecule has 0 aliphatic carbocycles. The molecule has 2 atom stereocenters. The summed E-state index contributed by atoms with van der Waals surface area (Å²) in [5, 5.41) is 3.17. The van der Waals surface area contributed by atoms with Gasteiger partial charge in [-0.1, -0.05) is 72.8 Å². The predicted molar refractivity (Wildman–Crippen MR) is 110 cm³/mol. The standard InChI is InChI=1S/C24H24N2O/c1-18(26-16-15-19-9-5-6-12-21(19)17-26)24(27)25-23-14-8-7-13-22(23)20-10-3-2-4-11-20/h2-14,18H,15-17H2,1H3,(H,25,27)/p+1/t18-/m0/s1. The SMILES string of the molecule is C[C@@H](C(=O)Nc1ccccc1-c1ccccc1)[NH+]1CCc2ccccc2C1. The number of rotatable bonds is 4. The Morgan fingerprint density at radius 1 is 0.889 bits per heavy atom. The van der Waals surface area contributed by atoms with Gasteiger partial charge in [0.1, 0.15) is 6.54 Å². The van der Waals surface area contributed by atoms with Gasteiger partial charge in [0.05, 0.1) is 6.54 Å². The lowest BCUT2D eigenvalue weighted by atomic mass is 9.98. The molecule has 0 spiro atoms. The first-order valence-corrected chi connectivity index (χ1v) is 9.59. The second-order valence-electron chi connectivity index (χ2n) is 7.23. The molecule has 3 heteroatoms. The zero-order valence-corrected chi connectivity index (χ0v) is 15.6. The Labute approximate surface area is 160 Å². The van der Waals surface area contributed by atoms with Crippen molar-refractivity contribution in [2.24, 2.45) is 0 Å². The number of amides is 1. The fourth-order valence-electron chi connectivity index (χ4n) is 3.86. The highest BCUT2D eigenvalue weighted by Gasteiger charge is 2.29. The van der Waals surface area contributed by atoms with Crippen LogP contribution in [0.2, 0.25) is 0 Å². The van der Waals surface area contributed by atoms with E-state index in [9.17, 15) is 4.79 Å². The molecular weight excluding hydrogens is 332 g/mol. The topological polar surface area (TPSA) is 33.5 Å². The predicted octanol–water partition coefficient (Wildman–Crippen LogP) is 3.32. The van der Waals surface area contributed by atoms with Crippen molar-refractivity contribution in [3.05, 3.63) is 90.0 Å². The molecule has 0 bridgehead atoms. The molecule has 3 aromatic rings. The van der Waals surface area contributed by atoms with Gasteiger partial charge in [-0.25, -0.2) is 0 Å². The van der Waals surface area contributed by atoms with Crippen LogP contribution >= 0.6 is 0 Å². The molecule has 0 saturated heterocycles. The van der Waals surface area contributed by atoms with E-state index in [1.54, 1.807) is 0 Å². The fourth-order valence-corrected chi connectivity index (χ4v) is 3.86. The second-order valence-corrected chi connectivity index (χ2v) is 7.23. The van der Waals surface area contributed by atoms with E-state index in [0.717, 1.165) is 36.3 Å². The average molecular weight is 357 g/mol. The van der Waals surface area contributed by atoms with Gasteiger partial charge in [-0.2, -0.15) is 0 Å². The molecule has 1 aliphatic rings. The number of carbonyl (C=O) groups excluding carboxylic acids is 1. The molecule has 0 saturated carbocycles. The number of nitrogens with one attached hydrogen (secondary N) is 2. The summed E-state index contributed by atoms with van der Waals surface area (Å²) in [5.41, 5.74) is 5.82. The summed E-state index contributed by atoms with van der Waals surface area (Å²) in [6.07, 6.45) is 1.03. The van der Waals surface area contributed by atoms with Gasteiger partial charge in [0, 0.05) is 23.2 Å². The maximum atomic E-state index is 13.0. The summed E-state index contributed by atoms with van der Waals surface area (Å²) in [5.74, 6) is 0.0766. The summed E-state index contributed by atoms with van der Waals surface area (Å²) >= 11 is 0. The number of hydrogen-bond donors (Lipinski definition) is 2. The van der Waals surface area contributed by atoms with Gasteiger partial charge in [-0.3, -0.25) is 4.79 Å². The monoisotopic (exact) mass is 357 g/mol. The van der Waals surface area contributed by atoms with Crippen molar-refractivity contribution in [2.75, 3.05) is 11.9 Å². The van der Waals surface area contributed by atoms with Crippen LogP contribution in [0.3, 0.4) is 0 Å². The highest BCUT2D eigenvalue weighted by molar-refractivity contribution is 5.97. The van der Waals surface area contributed by atoms with Gasteiger partial charge < -0.3 is 10.2 Å². The zero-order chi connectivity index (χ0) is 18.6. The van der Waals surface area contributed by atoms with E-state index in [-0.39, 0.29) is 11.9 Å². The average Bonchev–Trinajstić information content (AvgIpc) is 2.74. The third-order valence-corrected chi connectivity index (χ3v) is 5.53. The summed E-state index contributed by atoms with van der Waals surface area (Å²) in [6.45, 7) is 3.93. The van der Waals surface area contributed by atoms with Crippen LogP contribution in [0.25, 0.3) is 11.1 Å². The van der Waals surface area contributed by atoms with Crippen molar-refractivity contribution in [3.8, 4) is 11.1 Å². The van der Waals surface area contributed by atoms with E-state index in [1.807, 2.05) is 43.3 Å². The maximum Gasteiger partial charge on any atom is 0.282 e. The Morgan fingerprint density at radius 3 is 2.37 bits per heavy atom. The highest BCUT2D eigenvalue weighted by atomic mass is 16.2. The van der Waals surface area contributed by atoms with Gasteiger partial charge in [-0.15, -0.1) is 0 Å². The Kier molecular flexibility index (Phi) is 5.03. The van der Waals surface area contributed by atoms with Crippen LogP contribution in [-0.4, -0.2) is 18.5 Å². The largest absolute Gasteiger partial charge is 0.321 e. The first kappa shape index (κ1) is 17.5. The van der Waals surface area contributed by atoms with E-state index in [2.05, 4.69) is 47.8 Å². The van der Waals surface area contributed by atoms with Crippen molar-refractivity contribution in [1.29, 1.82) is 0 Å². The number of fused-ring (bicyclic) bond motifs is 1. The minimum atomic E-state index is -0.0952. The molecule has 1 heterocycles. The lowest BCUT2D eigenvalue weighted by molar-refractivity contribution is -0.929. The van der Waals surface area contributed by atoms with Crippen LogP contribution in [0.15, 0.2) is 78.9 Å². The zero-order valence-electron chi connectivity index (χ0n) is 15.6. The van der Waals surface area contributed by atoms with E-state index < -0.39 is 0 Å². The summed E-state index contributed by atoms with van der Waals surface area (Å²) < 4.78 is 0. The molecule has 0 aromatic heterocycles. The Hall–Kier alpha value is -2.91.